The third-order valence-electron chi connectivity index (χ3n) is 2.75. The molecule has 6 heteroatoms. The summed E-state index contributed by atoms with van der Waals surface area (Å²) in [6.07, 6.45) is 0.941. The van der Waals surface area contributed by atoms with Gasteiger partial charge in [0.25, 0.3) is 0 Å². The van der Waals surface area contributed by atoms with Gasteiger partial charge in [-0.25, -0.2) is 13.1 Å². The molecule has 0 bridgehead atoms. The average molecular weight is 285 g/mol. The molecule has 0 fully saturated rings. The van der Waals surface area contributed by atoms with Crippen molar-refractivity contribution in [2.45, 2.75) is 32.1 Å². The third kappa shape index (κ3) is 4.72. The lowest BCUT2D eigenvalue weighted by Gasteiger charge is -2.19. The molecule has 1 aromatic carbocycles. The maximum Gasteiger partial charge on any atom is 0.242 e. The van der Waals surface area contributed by atoms with E-state index in [-0.39, 0.29) is 10.3 Å². The molecule has 108 valence electrons. The van der Waals surface area contributed by atoms with Gasteiger partial charge in [0.05, 0.1) is 5.69 Å². The molecule has 0 aliphatic heterocycles. The zero-order chi connectivity index (χ0) is 14.7. The molecule has 1 aromatic rings. The molecule has 0 aromatic heterocycles. The van der Waals surface area contributed by atoms with Crippen molar-refractivity contribution in [3.8, 4) is 0 Å². The van der Waals surface area contributed by atoms with E-state index in [1.165, 1.54) is 13.1 Å². The molecular formula is C13H23N3O2S. The van der Waals surface area contributed by atoms with Crippen molar-refractivity contribution in [2.24, 2.45) is 5.41 Å². The highest BCUT2D eigenvalue weighted by atomic mass is 32.2. The molecule has 0 heterocycles. The van der Waals surface area contributed by atoms with Crippen LogP contribution in [0.25, 0.3) is 0 Å². The van der Waals surface area contributed by atoms with Gasteiger partial charge < -0.3 is 11.1 Å². The standard InChI is InChI=1S/C13H23N3O2S/c1-13(2,3)7-8-16-11-6-5-10(14)9-12(11)19(17,18)15-4/h5-6,9,15-16H,7-8,14H2,1-4H3. The molecule has 4 N–H and O–H groups in total. The van der Waals surface area contributed by atoms with Crippen molar-refractivity contribution in [3.05, 3.63) is 18.2 Å². The van der Waals surface area contributed by atoms with Crippen molar-refractivity contribution in [1.82, 2.24) is 4.72 Å². The van der Waals surface area contributed by atoms with Crippen molar-refractivity contribution in [3.63, 3.8) is 0 Å². The predicted molar refractivity (Wildman–Crippen MR) is 79.7 cm³/mol. The molecule has 19 heavy (non-hydrogen) atoms. The Morgan fingerprint density at radius 1 is 1.26 bits per heavy atom. The molecule has 0 aliphatic carbocycles. The number of rotatable bonds is 5. The van der Waals surface area contributed by atoms with Crippen LogP contribution in [-0.2, 0) is 10.0 Å². The number of hydrogen-bond donors (Lipinski definition) is 3. The van der Waals surface area contributed by atoms with Crippen LogP contribution in [0.3, 0.4) is 0 Å². The SMILES string of the molecule is CNS(=O)(=O)c1cc(N)ccc1NCCC(C)(C)C. The highest BCUT2D eigenvalue weighted by molar-refractivity contribution is 7.89. The van der Waals surface area contributed by atoms with Gasteiger partial charge in [-0.1, -0.05) is 20.8 Å². The third-order valence-corrected chi connectivity index (χ3v) is 4.21. The molecule has 0 aliphatic rings. The molecule has 0 atom stereocenters. The molecular weight excluding hydrogens is 262 g/mol. The van der Waals surface area contributed by atoms with Gasteiger partial charge in [0.15, 0.2) is 0 Å². The molecule has 0 saturated heterocycles. The molecule has 0 amide bonds. The second kappa shape index (κ2) is 5.79. The minimum Gasteiger partial charge on any atom is -0.399 e. The first kappa shape index (κ1) is 15.8. The quantitative estimate of drug-likeness (QED) is 0.723. The van der Waals surface area contributed by atoms with Gasteiger partial charge in [-0.2, -0.15) is 0 Å². The van der Waals surface area contributed by atoms with Gasteiger partial charge in [-0.3, -0.25) is 0 Å². The second-order valence-corrected chi connectivity index (χ2v) is 7.56. The Labute approximate surface area is 115 Å². The van der Waals surface area contributed by atoms with E-state index in [9.17, 15) is 8.42 Å². The van der Waals surface area contributed by atoms with Crippen LogP contribution in [0.2, 0.25) is 0 Å². The fraction of sp³-hybridized carbons (Fsp3) is 0.538. The number of sulfonamides is 1. The van der Waals surface area contributed by atoms with E-state index < -0.39 is 10.0 Å². The number of anilines is 2. The Bertz CT molecular complexity index is 533. The first-order valence-corrected chi connectivity index (χ1v) is 7.71. The summed E-state index contributed by atoms with van der Waals surface area (Å²) in [7, 11) is -2.12. The number of nitrogen functional groups attached to an aromatic ring is 1. The Kier molecular flexibility index (Phi) is 4.81. The van der Waals surface area contributed by atoms with Crippen LogP contribution >= 0.6 is 0 Å². The summed E-state index contributed by atoms with van der Waals surface area (Å²) in [4.78, 5) is 0.184. The zero-order valence-corrected chi connectivity index (χ0v) is 12.8. The van der Waals surface area contributed by atoms with E-state index in [0.29, 0.717) is 17.9 Å². The summed E-state index contributed by atoms with van der Waals surface area (Å²) in [6.45, 7) is 7.13. The largest absolute Gasteiger partial charge is 0.399 e. The van der Waals surface area contributed by atoms with Crippen LogP contribution in [0.4, 0.5) is 11.4 Å². The Balaban J connectivity index is 2.96. The second-order valence-electron chi connectivity index (χ2n) is 5.70. The first-order valence-electron chi connectivity index (χ1n) is 6.23. The predicted octanol–water partition coefficient (Wildman–Crippen LogP) is 2.02. The lowest BCUT2D eigenvalue weighted by molar-refractivity contribution is 0.389. The minimum atomic E-state index is -3.51. The lowest BCUT2D eigenvalue weighted by atomic mass is 9.92. The van der Waals surface area contributed by atoms with Gasteiger partial charge in [-0.15, -0.1) is 0 Å². The van der Waals surface area contributed by atoms with Gasteiger partial charge >= 0.3 is 0 Å². The highest BCUT2D eigenvalue weighted by Crippen LogP contribution is 2.25. The van der Waals surface area contributed by atoms with Crippen molar-refractivity contribution < 1.29 is 8.42 Å². The molecule has 0 spiro atoms. The minimum absolute atomic E-state index is 0.184. The summed E-state index contributed by atoms with van der Waals surface area (Å²) < 4.78 is 26.2. The molecule has 0 radical (unpaired) electrons. The van der Waals surface area contributed by atoms with Crippen molar-refractivity contribution >= 4 is 21.4 Å². The van der Waals surface area contributed by atoms with E-state index in [1.807, 2.05) is 0 Å². The van der Waals surface area contributed by atoms with E-state index in [1.54, 1.807) is 12.1 Å². The van der Waals surface area contributed by atoms with Crippen LogP contribution in [0, 0.1) is 5.41 Å². The number of nitrogens with two attached hydrogens (primary N) is 1. The lowest BCUT2D eigenvalue weighted by Crippen LogP contribution is -2.21. The topological polar surface area (TPSA) is 84.2 Å². The number of benzene rings is 1. The van der Waals surface area contributed by atoms with E-state index in [0.717, 1.165) is 6.42 Å². The van der Waals surface area contributed by atoms with Crippen molar-refractivity contribution in [2.75, 3.05) is 24.6 Å². The molecule has 5 nitrogen and oxygen atoms in total. The van der Waals surface area contributed by atoms with Gasteiger partial charge in [0.1, 0.15) is 4.90 Å². The Hall–Kier alpha value is -1.27. The number of hydrogen-bond acceptors (Lipinski definition) is 4. The van der Waals surface area contributed by atoms with Crippen LogP contribution < -0.4 is 15.8 Å². The van der Waals surface area contributed by atoms with Crippen LogP contribution in [0.1, 0.15) is 27.2 Å². The Morgan fingerprint density at radius 3 is 2.42 bits per heavy atom. The fourth-order valence-electron chi connectivity index (χ4n) is 1.59. The van der Waals surface area contributed by atoms with Gasteiger partial charge in [-0.05, 0) is 37.1 Å². The maximum absolute atomic E-state index is 11.9. The average Bonchev–Trinajstić information content (AvgIpc) is 2.29. The van der Waals surface area contributed by atoms with Crippen LogP contribution in [-0.4, -0.2) is 22.0 Å². The molecule has 0 saturated carbocycles. The summed E-state index contributed by atoms with van der Waals surface area (Å²) in [5.41, 5.74) is 6.86. The van der Waals surface area contributed by atoms with Gasteiger partial charge in [0.2, 0.25) is 10.0 Å². The zero-order valence-electron chi connectivity index (χ0n) is 11.9. The first-order chi connectivity index (χ1) is 8.65. The van der Waals surface area contributed by atoms with Gasteiger partial charge in [0, 0.05) is 12.2 Å². The fourth-order valence-corrected chi connectivity index (χ4v) is 2.53. The Morgan fingerprint density at radius 2 is 1.89 bits per heavy atom. The highest BCUT2D eigenvalue weighted by Gasteiger charge is 2.17. The van der Waals surface area contributed by atoms with E-state index in [2.05, 4.69) is 30.8 Å². The summed E-state index contributed by atoms with van der Waals surface area (Å²) in [5.74, 6) is 0. The van der Waals surface area contributed by atoms with Crippen molar-refractivity contribution in [1.29, 1.82) is 0 Å². The summed E-state index contributed by atoms with van der Waals surface area (Å²) in [5, 5.41) is 3.16. The molecule has 0 unspecified atom stereocenters. The van der Waals surface area contributed by atoms with E-state index in [4.69, 9.17) is 5.73 Å². The smallest absolute Gasteiger partial charge is 0.242 e. The molecule has 1 rings (SSSR count). The summed E-state index contributed by atoms with van der Waals surface area (Å²) in [6, 6.07) is 4.85. The monoisotopic (exact) mass is 285 g/mol. The van der Waals surface area contributed by atoms with Crippen LogP contribution in [0.15, 0.2) is 23.1 Å². The number of nitrogens with one attached hydrogen (secondary N) is 2. The van der Waals surface area contributed by atoms with Crippen LogP contribution in [0.5, 0.6) is 0 Å². The summed E-state index contributed by atoms with van der Waals surface area (Å²) >= 11 is 0. The van der Waals surface area contributed by atoms with E-state index >= 15 is 0 Å². The maximum atomic E-state index is 11.9. The normalized spacial score (nSPS) is 12.4.